The Morgan fingerprint density at radius 1 is 1.40 bits per heavy atom. The van der Waals surface area contributed by atoms with Gasteiger partial charge in [-0.1, -0.05) is 23.2 Å². The van der Waals surface area contributed by atoms with Gasteiger partial charge in [-0.05, 0) is 0 Å². The summed E-state index contributed by atoms with van der Waals surface area (Å²) >= 11 is 11.5. The smallest absolute Gasteiger partial charge is 0.373 e. The fourth-order valence-corrected chi connectivity index (χ4v) is 1.44. The molecule has 0 aliphatic heterocycles. The van der Waals surface area contributed by atoms with E-state index in [-0.39, 0.29) is 21.6 Å². The number of furan rings is 1. The van der Waals surface area contributed by atoms with Crippen LogP contribution in [-0.4, -0.2) is 23.3 Å². The summed E-state index contributed by atoms with van der Waals surface area (Å²) in [5.74, 6) is -0.607. The Bertz CT molecular complexity index is 499. The fourth-order valence-electron chi connectivity index (χ4n) is 1.09. The highest BCUT2D eigenvalue weighted by Gasteiger charge is 2.17. The maximum Gasteiger partial charge on any atom is 0.373 e. The van der Waals surface area contributed by atoms with Crippen molar-refractivity contribution >= 4 is 40.1 Å². The van der Waals surface area contributed by atoms with E-state index < -0.39 is 5.97 Å². The highest BCUT2D eigenvalue weighted by Crippen LogP contribution is 2.29. The van der Waals surface area contributed by atoms with Crippen LogP contribution in [0.1, 0.15) is 10.6 Å². The molecule has 0 atom stereocenters. The van der Waals surface area contributed by atoms with Crippen molar-refractivity contribution in [2.24, 2.45) is 0 Å². The summed E-state index contributed by atoms with van der Waals surface area (Å²) < 4.78 is 9.62. The number of hydrogen-bond acceptors (Lipinski definition) is 5. The third-order valence-electron chi connectivity index (χ3n) is 1.75. The Balaban J connectivity index is 2.70. The number of methoxy groups -OCH3 is 1. The van der Waals surface area contributed by atoms with Crippen LogP contribution >= 0.6 is 23.2 Å². The van der Waals surface area contributed by atoms with E-state index in [1.807, 2.05) is 0 Å². The average Bonchev–Trinajstić information content (AvgIpc) is 2.68. The van der Waals surface area contributed by atoms with Gasteiger partial charge >= 0.3 is 5.97 Å². The van der Waals surface area contributed by atoms with Crippen molar-refractivity contribution in [2.75, 3.05) is 7.11 Å². The molecule has 0 N–H and O–H groups in total. The van der Waals surface area contributed by atoms with E-state index in [1.54, 1.807) is 0 Å². The number of nitrogens with zero attached hydrogens (tertiary/aromatic N) is 2. The van der Waals surface area contributed by atoms with Gasteiger partial charge < -0.3 is 9.15 Å². The first kappa shape index (κ1) is 10.2. The van der Waals surface area contributed by atoms with Crippen molar-refractivity contribution in [1.82, 2.24) is 10.2 Å². The molecule has 0 saturated heterocycles. The Labute approximate surface area is 93.9 Å². The van der Waals surface area contributed by atoms with Gasteiger partial charge in [-0.25, -0.2) is 4.79 Å². The minimum Gasteiger partial charge on any atom is -0.463 e. The molecule has 0 fully saturated rings. The molecule has 0 amide bonds. The standard InChI is InChI=1S/C8H4Cl2N2O3/c1-14-8(13)4-2-3-5(15-4)7(10)12-11-6(3)9/h2H,1H3. The normalized spacial score (nSPS) is 10.6. The number of ether oxygens (including phenoxy) is 1. The second-order valence-electron chi connectivity index (χ2n) is 2.63. The second-order valence-corrected chi connectivity index (χ2v) is 3.34. The van der Waals surface area contributed by atoms with E-state index in [1.165, 1.54) is 13.2 Å². The van der Waals surface area contributed by atoms with Gasteiger partial charge in [-0.2, -0.15) is 0 Å². The molecule has 7 heteroatoms. The maximum absolute atomic E-state index is 11.2. The van der Waals surface area contributed by atoms with Crippen molar-refractivity contribution in [3.8, 4) is 0 Å². The third kappa shape index (κ3) is 1.64. The number of aromatic nitrogens is 2. The first-order valence-electron chi connectivity index (χ1n) is 3.83. The van der Waals surface area contributed by atoms with Crippen molar-refractivity contribution in [3.05, 3.63) is 22.1 Å². The topological polar surface area (TPSA) is 65.2 Å². The van der Waals surface area contributed by atoms with Gasteiger partial charge in [0, 0.05) is 6.07 Å². The van der Waals surface area contributed by atoms with Crippen molar-refractivity contribution in [2.45, 2.75) is 0 Å². The number of esters is 1. The third-order valence-corrected chi connectivity index (χ3v) is 2.28. The lowest BCUT2D eigenvalue weighted by molar-refractivity contribution is 0.0567. The Kier molecular flexibility index (Phi) is 2.50. The highest BCUT2D eigenvalue weighted by atomic mass is 35.5. The molecule has 15 heavy (non-hydrogen) atoms. The van der Waals surface area contributed by atoms with E-state index in [0.29, 0.717) is 5.39 Å². The maximum atomic E-state index is 11.2. The molecular formula is C8H4Cl2N2O3. The predicted octanol–water partition coefficient (Wildman–Crippen LogP) is 2.32. The number of halogens is 2. The van der Waals surface area contributed by atoms with E-state index >= 15 is 0 Å². The number of carbonyl (C=O) groups excluding carboxylic acids is 1. The largest absolute Gasteiger partial charge is 0.463 e. The van der Waals surface area contributed by atoms with Crippen LogP contribution < -0.4 is 0 Å². The van der Waals surface area contributed by atoms with Crippen LogP contribution in [0.25, 0.3) is 11.0 Å². The lowest BCUT2D eigenvalue weighted by atomic mass is 10.3. The number of fused-ring (bicyclic) bond motifs is 1. The molecule has 0 aromatic carbocycles. The summed E-state index contributed by atoms with van der Waals surface area (Å²) in [6.45, 7) is 0. The molecule has 78 valence electrons. The zero-order valence-corrected chi connectivity index (χ0v) is 8.96. The first-order chi connectivity index (χ1) is 7.13. The van der Waals surface area contributed by atoms with Gasteiger partial charge in [0.25, 0.3) is 0 Å². The molecule has 2 aromatic rings. The number of carbonyl (C=O) groups is 1. The molecule has 2 rings (SSSR count). The lowest BCUT2D eigenvalue weighted by Crippen LogP contribution is -1.97. The van der Waals surface area contributed by atoms with Crippen LogP contribution in [0.4, 0.5) is 0 Å². The van der Waals surface area contributed by atoms with Crippen LogP contribution in [0.15, 0.2) is 10.5 Å². The molecule has 5 nitrogen and oxygen atoms in total. The molecule has 0 radical (unpaired) electrons. The van der Waals surface area contributed by atoms with Crippen molar-refractivity contribution in [1.29, 1.82) is 0 Å². The minimum atomic E-state index is -0.613. The SMILES string of the molecule is COC(=O)c1cc2c(Cl)nnc(Cl)c2o1. The Morgan fingerprint density at radius 2 is 2.07 bits per heavy atom. The van der Waals surface area contributed by atoms with Crippen molar-refractivity contribution in [3.63, 3.8) is 0 Å². The van der Waals surface area contributed by atoms with Crippen LogP contribution in [0, 0.1) is 0 Å². The molecule has 0 saturated carbocycles. The molecule has 0 spiro atoms. The molecule has 0 unspecified atom stereocenters. The molecular weight excluding hydrogens is 243 g/mol. The summed E-state index contributed by atoms with van der Waals surface area (Å²) in [4.78, 5) is 11.2. The predicted molar refractivity (Wildman–Crippen MR) is 53.2 cm³/mol. The van der Waals surface area contributed by atoms with Gasteiger partial charge in [0.2, 0.25) is 5.76 Å². The van der Waals surface area contributed by atoms with Gasteiger partial charge in [0.05, 0.1) is 12.5 Å². The summed E-state index contributed by atoms with van der Waals surface area (Å²) in [6.07, 6.45) is 0. The second kappa shape index (κ2) is 3.67. The van der Waals surface area contributed by atoms with Crippen LogP contribution in [0.5, 0.6) is 0 Å². The van der Waals surface area contributed by atoms with Crippen molar-refractivity contribution < 1.29 is 13.9 Å². The Morgan fingerprint density at radius 3 is 2.67 bits per heavy atom. The first-order valence-corrected chi connectivity index (χ1v) is 4.58. The monoisotopic (exact) mass is 246 g/mol. The van der Waals surface area contributed by atoms with E-state index in [2.05, 4.69) is 14.9 Å². The number of hydrogen-bond donors (Lipinski definition) is 0. The zero-order valence-electron chi connectivity index (χ0n) is 7.45. The average molecular weight is 247 g/mol. The van der Waals surface area contributed by atoms with Gasteiger partial charge in [0.15, 0.2) is 15.9 Å². The van der Waals surface area contributed by atoms with E-state index in [4.69, 9.17) is 27.6 Å². The summed E-state index contributed by atoms with van der Waals surface area (Å²) in [6, 6.07) is 1.41. The van der Waals surface area contributed by atoms with Crippen LogP contribution in [0.3, 0.4) is 0 Å². The lowest BCUT2D eigenvalue weighted by Gasteiger charge is -1.92. The minimum absolute atomic E-state index is 0.00565. The van der Waals surface area contributed by atoms with Crippen LogP contribution in [-0.2, 0) is 4.74 Å². The molecule has 2 heterocycles. The quantitative estimate of drug-likeness (QED) is 0.723. The van der Waals surface area contributed by atoms with Gasteiger partial charge in [0.1, 0.15) is 0 Å². The van der Waals surface area contributed by atoms with Gasteiger partial charge in [-0.3, -0.25) is 0 Å². The molecule has 0 aliphatic carbocycles. The molecule has 2 aromatic heterocycles. The van der Waals surface area contributed by atoms with E-state index in [9.17, 15) is 4.79 Å². The van der Waals surface area contributed by atoms with E-state index in [0.717, 1.165) is 0 Å². The summed E-state index contributed by atoms with van der Waals surface area (Å²) in [5, 5.41) is 7.71. The number of rotatable bonds is 1. The van der Waals surface area contributed by atoms with Crippen LogP contribution in [0.2, 0.25) is 10.3 Å². The summed E-state index contributed by atoms with van der Waals surface area (Å²) in [5.41, 5.74) is 0.220. The fraction of sp³-hybridized carbons (Fsp3) is 0.125. The van der Waals surface area contributed by atoms with Gasteiger partial charge in [-0.15, -0.1) is 10.2 Å². The summed E-state index contributed by atoms with van der Waals surface area (Å²) in [7, 11) is 1.25. The Hall–Kier alpha value is -1.33. The molecule has 0 bridgehead atoms. The zero-order chi connectivity index (χ0) is 11.0. The highest BCUT2D eigenvalue weighted by molar-refractivity contribution is 6.37. The molecule has 0 aliphatic rings.